The van der Waals surface area contributed by atoms with Crippen LogP contribution in [-0.2, 0) is 26.5 Å². The number of nitrogens with zero attached hydrogens (tertiary/aromatic N) is 4. The second-order valence-electron chi connectivity index (χ2n) is 21.4. The van der Waals surface area contributed by atoms with Gasteiger partial charge in [0.25, 0.3) is 0 Å². The smallest absolute Gasteiger partial charge is 0.185 e. The number of Topliss-reactive ketones (excluding diaryl/α,β-unsaturated/α-hetero) is 1. The average Bonchev–Trinajstić information content (AvgIpc) is 4.00. The van der Waals surface area contributed by atoms with Crippen molar-refractivity contribution in [1.82, 2.24) is 15.3 Å². The van der Waals surface area contributed by atoms with Gasteiger partial charge in [0.05, 0.1) is 36.8 Å². The zero-order chi connectivity index (χ0) is 47.2. The Bertz CT molecular complexity index is 2160. The highest BCUT2D eigenvalue weighted by molar-refractivity contribution is 7.14. The Balaban J connectivity index is 0.000000191. The lowest BCUT2D eigenvalue weighted by Crippen LogP contribution is -2.43. The van der Waals surface area contributed by atoms with Crippen LogP contribution in [0.2, 0.25) is 0 Å². The van der Waals surface area contributed by atoms with Gasteiger partial charge in [-0.3, -0.25) is 4.79 Å². The van der Waals surface area contributed by atoms with Crippen LogP contribution >= 0.6 is 22.7 Å². The number of ketones is 1. The predicted octanol–water partition coefficient (Wildman–Crippen LogP) is 8.48. The van der Waals surface area contributed by atoms with Gasteiger partial charge in [0.2, 0.25) is 0 Å². The van der Waals surface area contributed by atoms with Crippen molar-refractivity contribution in [3.8, 4) is 22.5 Å². The Kier molecular flexibility index (Phi) is 17.1. The zero-order valence-electron chi connectivity index (χ0n) is 40.5. The molecule has 4 aliphatic rings. The number of nitrogens with two attached hydrogens (primary N) is 1. The number of benzene rings is 2. The van der Waals surface area contributed by atoms with Gasteiger partial charge in [0.1, 0.15) is 5.78 Å². The molecule has 0 unspecified atom stereocenters. The van der Waals surface area contributed by atoms with Crippen LogP contribution in [0.1, 0.15) is 142 Å². The summed E-state index contributed by atoms with van der Waals surface area (Å²) in [6.45, 7) is 23.4. The summed E-state index contributed by atoms with van der Waals surface area (Å²) >= 11 is 3.44. The summed E-state index contributed by atoms with van der Waals surface area (Å²) in [7, 11) is 0. The number of aliphatic hydroxyl groups excluding tert-OH is 4. The van der Waals surface area contributed by atoms with Crippen molar-refractivity contribution < 1.29 is 25.2 Å². The summed E-state index contributed by atoms with van der Waals surface area (Å²) in [4.78, 5) is 26.0. The number of anilines is 2. The maximum absolute atomic E-state index is 11.5. The Morgan fingerprint density at radius 2 is 1.08 bits per heavy atom. The molecule has 358 valence electrons. The summed E-state index contributed by atoms with van der Waals surface area (Å²) in [5, 5.41) is 45.2. The minimum atomic E-state index is -0.620. The number of carbonyl (C=O) groups excluding carboxylic acids is 1. The van der Waals surface area contributed by atoms with Gasteiger partial charge in [-0.15, -0.1) is 22.7 Å². The van der Waals surface area contributed by atoms with E-state index in [-0.39, 0.29) is 34.9 Å². The third-order valence-electron chi connectivity index (χ3n) is 14.5. The van der Waals surface area contributed by atoms with Gasteiger partial charge >= 0.3 is 0 Å². The van der Waals surface area contributed by atoms with Crippen molar-refractivity contribution in [2.45, 2.75) is 160 Å². The molecule has 2 aliphatic carbocycles. The van der Waals surface area contributed by atoms with Gasteiger partial charge in [0, 0.05) is 66.9 Å². The highest BCUT2D eigenvalue weighted by Gasteiger charge is 2.38. The predicted molar refractivity (Wildman–Crippen MR) is 270 cm³/mol. The molecule has 0 radical (unpaired) electrons. The third-order valence-corrected chi connectivity index (χ3v) is 16.3. The van der Waals surface area contributed by atoms with Gasteiger partial charge in [-0.25, -0.2) is 9.97 Å². The summed E-state index contributed by atoms with van der Waals surface area (Å²) in [5.41, 5.74) is 16.5. The second kappa shape index (κ2) is 21.8. The highest BCUT2D eigenvalue weighted by atomic mass is 32.1. The molecular weight excluding hydrogens is 853 g/mol. The van der Waals surface area contributed by atoms with Gasteiger partial charge in [0.15, 0.2) is 10.3 Å². The molecule has 0 amide bonds. The van der Waals surface area contributed by atoms with E-state index in [1.54, 1.807) is 22.7 Å². The number of rotatable bonds is 12. The number of aliphatic hydroxyl groups is 4. The topological polar surface area (TPSA) is 168 Å². The number of thiazole rings is 2. The zero-order valence-corrected chi connectivity index (χ0v) is 42.1. The number of fused-ring (bicyclic) bond motifs is 2. The molecule has 0 saturated carbocycles. The molecule has 2 saturated heterocycles. The maximum Gasteiger partial charge on any atom is 0.185 e. The normalized spacial score (nSPS) is 20.7. The van der Waals surface area contributed by atoms with E-state index in [4.69, 9.17) is 31.0 Å². The molecule has 11 nitrogen and oxygen atoms in total. The van der Waals surface area contributed by atoms with Crippen LogP contribution in [0.5, 0.6) is 0 Å². The molecule has 13 heteroatoms. The summed E-state index contributed by atoms with van der Waals surface area (Å²) < 4.78 is 0. The van der Waals surface area contributed by atoms with Crippen LogP contribution in [-0.4, -0.2) is 107 Å². The monoisotopic (exact) mass is 931 g/mol. The number of carbonyl (C=O) groups is 1. The van der Waals surface area contributed by atoms with E-state index in [1.807, 2.05) is 0 Å². The second-order valence-corrected chi connectivity index (χ2v) is 23.0. The molecule has 0 spiro atoms. The van der Waals surface area contributed by atoms with Crippen LogP contribution in [0.4, 0.5) is 10.3 Å². The van der Waals surface area contributed by atoms with Gasteiger partial charge in [-0.1, -0.05) is 79.7 Å². The first-order valence-electron chi connectivity index (χ1n) is 24.0. The largest absolute Gasteiger partial charge is 0.394 e. The highest BCUT2D eigenvalue weighted by Crippen LogP contribution is 2.48. The maximum atomic E-state index is 11.5. The van der Waals surface area contributed by atoms with E-state index in [0.717, 1.165) is 67.2 Å². The molecule has 2 aromatic heterocycles. The first kappa shape index (κ1) is 51.1. The molecule has 2 atom stereocenters. The van der Waals surface area contributed by atoms with Crippen LogP contribution < -0.4 is 20.9 Å². The average molecular weight is 931 g/mol. The first-order chi connectivity index (χ1) is 30.8. The molecule has 7 N–H and O–H groups in total. The molecule has 2 aliphatic heterocycles. The number of nitrogens with one attached hydrogen (secondary N) is 1. The Morgan fingerprint density at radius 3 is 1.49 bits per heavy atom. The standard InChI is InChI=1S/C26H39N3O2S.C22H28N2OS.C4H11NO2/c1-25(2)10-11-26(3,4)22-15-18(5-6-21(22)25)23-17-32-24(28-23)29-13-8-19(9-14-29)27-12-7-20(31)16-30;1-21(2)9-10-22(3,4)18-13-15(5-6-17(18)21)19-14-26-20(23-19)24-11-7-16(25)8-12-24;5-2-1-4(7)3-6/h5-6,15,17,19-20,27,30-31H,7-14,16H2,1-4H3;5-6,13-14H,7-12H2,1-4H3;4,6-7H,1-3,5H2/t20-;;4-/m0.0/s1. The summed E-state index contributed by atoms with van der Waals surface area (Å²) in [6.07, 6.45) is 8.22. The van der Waals surface area contributed by atoms with Crippen LogP contribution in [0.15, 0.2) is 47.2 Å². The van der Waals surface area contributed by atoms with Crippen molar-refractivity contribution in [3.05, 3.63) is 69.4 Å². The van der Waals surface area contributed by atoms with Crippen molar-refractivity contribution in [2.24, 2.45) is 5.73 Å². The van der Waals surface area contributed by atoms with Crippen LogP contribution in [0.3, 0.4) is 0 Å². The van der Waals surface area contributed by atoms with Crippen molar-refractivity contribution in [3.63, 3.8) is 0 Å². The van der Waals surface area contributed by atoms with Crippen molar-refractivity contribution in [1.29, 1.82) is 0 Å². The quantitative estimate of drug-likeness (QED) is 0.0807. The van der Waals surface area contributed by atoms with E-state index in [0.29, 0.717) is 44.1 Å². The Labute approximate surface area is 396 Å². The number of hydrogen-bond acceptors (Lipinski definition) is 13. The molecule has 4 heterocycles. The van der Waals surface area contributed by atoms with Gasteiger partial charge in [-0.2, -0.15) is 0 Å². The van der Waals surface area contributed by atoms with Gasteiger partial charge < -0.3 is 41.3 Å². The van der Waals surface area contributed by atoms with Crippen molar-refractivity contribution in [2.75, 3.05) is 62.3 Å². The molecular formula is C52H78N6O5S2. The third kappa shape index (κ3) is 12.8. The fraction of sp³-hybridized carbons (Fsp3) is 0.635. The van der Waals surface area contributed by atoms with Gasteiger partial charge in [-0.05, 0) is 121 Å². The molecule has 0 bridgehead atoms. The Morgan fingerprint density at radius 1 is 0.662 bits per heavy atom. The lowest BCUT2D eigenvalue weighted by Gasteiger charge is -2.42. The number of aromatic nitrogens is 2. The molecule has 4 aromatic rings. The van der Waals surface area contributed by atoms with E-state index < -0.39 is 12.2 Å². The molecule has 2 fully saturated rings. The fourth-order valence-electron chi connectivity index (χ4n) is 9.63. The van der Waals surface area contributed by atoms with E-state index in [1.165, 1.54) is 59.1 Å². The minimum absolute atomic E-state index is 0.161. The summed E-state index contributed by atoms with van der Waals surface area (Å²) in [6, 6.07) is 14.4. The SMILES string of the molecule is CC1(C)CCC(C)(C)c2cc(-c3csc(N4CCC(=O)CC4)n3)ccc21.CC1(C)CCC(C)(C)c2cc(-c3csc(N4CCC(NCC[C@H](O)CO)CC4)n3)ccc21.NCC[C@H](O)CO. The van der Waals surface area contributed by atoms with E-state index in [2.05, 4.69) is 118 Å². The van der Waals surface area contributed by atoms with E-state index >= 15 is 0 Å². The fourth-order valence-corrected chi connectivity index (χ4v) is 11.4. The van der Waals surface area contributed by atoms with Crippen molar-refractivity contribution >= 4 is 38.7 Å². The number of hydrogen-bond donors (Lipinski definition) is 6. The molecule has 8 rings (SSSR count). The lowest BCUT2D eigenvalue weighted by molar-refractivity contribution is -0.119. The number of piperidine rings is 2. The Hall–Kier alpha value is -3.27. The minimum Gasteiger partial charge on any atom is -0.394 e. The van der Waals surface area contributed by atoms with Crippen LogP contribution in [0, 0.1) is 0 Å². The molecule has 2 aromatic carbocycles. The van der Waals surface area contributed by atoms with Crippen LogP contribution in [0.25, 0.3) is 22.5 Å². The first-order valence-corrected chi connectivity index (χ1v) is 25.8. The lowest BCUT2D eigenvalue weighted by atomic mass is 9.63. The molecule has 65 heavy (non-hydrogen) atoms. The summed E-state index contributed by atoms with van der Waals surface area (Å²) in [5.74, 6) is 0.373. The van der Waals surface area contributed by atoms with E-state index in [9.17, 15) is 9.90 Å².